The van der Waals surface area contributed by atoms with Crippen LogP contribution in [0.2, 0.25) is 0 Å². The Morgan fingerprint density at radius 1 is 1.26 bits per heavy atom. The van der Waals surface area contributed by atoms with E-state index in [0.717, 1.165) is 66.9 Å². The molecule has 1 aliphatic heterocycles. The fourth-order valence-electron chi connectivity index (χ4n) is 3.69. The Morgan fingerprint density at radius 3 is 2.67 bits per heavy atom. The van der Waals surface area contributed by atoms with Crippen LogP contribution in [0.4, 0.5) is 10.2 Å². The maximum atomic E-state index is 13.9. The number of nitrogens with one attached hydrogen (secondary N) is 1. The Labute approximate surface area is 162 Å². The molecule has 0 amide bonds. The molecule has 2 heterocycles. The largest absolute Gasteiger partial charge is 0.357 e. The van der Waals surface area contributed by atoms with Gasteiger partial charge in [-0.3, -0.25) is 0 Å². The average molecular weight is 368 g/mol. The fraction of sp³-hybridized carbons (Fsp3) is 0.435. The third kappa shape index (κ3) is 4.75. The number of unbranched alkanes of at least 4 members (excludes halogenated alkanes) is 1. The molecule has 1 N–H and O–H groups in total. The van der Waals surface area contributed by atoms with E-state index in [9.17, 15) is 4.39 Å². The third-order valence-electron chi connectivity index (χ3n) is 5.41. The molecule has 3 rings (SSSR count). The number of hydrogen-bond acceptors (Lipinski definition) is 3. The number of piperidine rings is 1. The van der Waals surface area contributed by atoms with Gasteiger partial charge in [0.2, 0.25) is 0 Å². The van der Waals surface area contributed by atoms with Crippen LogP contribution in [0, 0.1) is 12.7 Å². The molecule has 1 saturated heterocycles. The lowest BCUT2D eigenvalue weighted by Crippen LogP contribution is -2.41. The van der Waals surface area contributed by atoms with Crippen molar-refractivity contribution in [1.29, 1.82) is 0 Å². The molecule has 0 bridgehead atoms. The van der Waals surface area contributed by atoms with E-state index in [2.05, 4.69) is 35.3 Å². The van der Waals surface area contributed by atoms with Crippen LogP contribution in [0.15, 0.2) is 42.6 Å². The summed E-state index contributed by atoms with van der Waals surface area (Å²) in [5, 5.41) is 3.36. The van der Waals surface area contributed by atoms with Crippen LogP contribution in [0.3, 0.4) is 0 Å². The Balaban J connectivity index is 1.85. The minimum atomic E-state index is -0.199. The smallest absolute Gasteiger partial charge is 0.128 e. The quantitative estimate of drug-likeness (QED) is 0.783. The number of aromatic nitrogens is 1. The Morgan fingerprint density at radius 2 is 2.04 bits per heavy atom. The Bertz CT molecular complexity index is 775. The maximum Gasteiger partial charge on any atom is 0.128 e. The van der Waals surface area contributed by atoms with E-state index in [0.29, 0.717) is 6.04 Å². The summed E-state index contributed by atoms with van der Waals surface area (Å²) in [6, 6.07) is 9.83. The molecule has 0 saturated carbocycles. The van der Waals surface area contributed by atoms with E-state index in [1.54, 1.807) is 6.07 Å². The lowest BCUT2D eigenvalue weighted by Gasteiger charge is -2.32. The van der Waals surface area contributed by atoms with Gasteiger partial charge in [0.05, 0.1) is 0 Å². The van der Waals surface area contributed by atoms with Gasteiger partial charge >= 0.3 is 0 Å². The van der Waals surface area contributed by atoms with E-state index in [1.807, 2.05) is 26.2 Å². The molecule has 0 spiro atoms. The number of aryl methyl sites for hydroxylation is 1. The third-order valence-corrected chi connectivity index (χ3v) is 5.41. The molecule has 3 nitrogen and oxygen atoms in total. The molecule has 0 atom stereocenters. The number of anilines is 1. The van der Waals surface area contributed by atoms with Crippen LogP contribution in [-0.4, -0.2) is 31.2 Å². The van der Waals surface area contributed by atoms with Gasteiger partial charge in [-0.05, 0) is 74.2 Å². The molecule has 4 heteroatoms. The van der Waals surface area contributed by atoms with Crippen molar-refractivity contribution in [3.63, 3.8) is 0 Å². The highest BCUT2D eigenvalue weighted by Crippen LogP contribution is 2.29. The van der Waals surface area contributed by atoms with Crippen molar-refractivity contribution < 1.29 is 4.39 Å². The molecule has 27 heavy (non-hydrogen) atoms. The monoisotopic (exact) mass is 367 g/mol. The maximum absolute atomic E-state index is 13.9. The van der Waals surface area contributed by atoms with Gasteiger partial charge in [0.1, 0.15) is 11.6 Å². The van der Waals surface area contributed by atoms with E-state index in [-0.39, 0.29) is 5.82 Å². The molecule has 1 fully saturated rings. The van der Waals surface area contributed by atoms with Gasteiger partial charge in [0, 0.05) is 30.9 Å². The van der Waals surface area contributed by atoms with Gasteiger partial charge < -0.3 is 10.2 Å². The zero-order valence-electron chi connectivity index (χ0n) is 16.6. The van der Waals surface area contributed by atoms with Crippen molar-refractivity contribution in [1.82, 2.24) is 10.3 Å². The summed E-state index contributed by atoms with van der Waals surface area (Å²) in [5.41, 5.74) is 4.15. The van der Waals surface area contributed by atoms with Crippen molar-refractivity contribution in [2.24, 2.45) is 0 Å². The molecule has 1 aliphatic rings. The van der Waals surface area contributed by atoms with Gasteiger partial charge in [-0.15, -0.1) is 0 Å². The van der Waals surface area contributed by atoms with E-state index in [1.165, 1.54) is 6.07 Å². The van der Waals surface area contributed by atoms with Crippen molar-refractivity contribution in [2.45, 2.75) is 45.6 Å². The summed E-state index contributed by atoms with van der Waals surface area (Å²) < 4.78 is 13.9. The second-order valence-corrected chi connectivity index (χ2v) is 7.32. The van der Waals surface area contributed by atoms with Crippen LogP contribution in [-0.2, 0) is 0 Å². The Hall–Kier alpha value is -2.20. The van der Waals surface area contributed by atoms with Gasteiger partial charge in [-0.2, -0.15) is 0 Å². The van der Waals surface area contributed by atoms with Gasteiger partial charge in [-0.1, -0.05) is 25.5 Å². The number of hydrogen-bond donors (Lipinski definition) is 1. The highest BCUT2D eigenvalue weighted by atomic mass is 19.1. The SMILES string of the molecule is CCC/C=C(/c1ccc(N2CCC(NC)CC2)nc1)c1cc(F)ccc1C. The molecule has 0 unspecified atom stereocenters. The number of nitrogens with zero attached hydrogens (tertiary/aromatic N) is 2. The van der Waals surface area contributed by atoms with Gasteiger partial charge in [0.15, 0.2) is 0 Å². The predicted octanol–water partition coefficient (Wildman–Crippen LogP) is 4.95. The highest BCUT2D eigenvalue weighted by molar-refractivity contribution is 5.81. The lowest BCUT2D eigenvalue weighted by molar-refractivity contribution is 0.441. The molecule has 144 valence electrons. The van der Waals surface area contributed by atoms with Crippen LogP contribution in [0.25, 0.3) is 5.57 Å². The minimum absolute atomic E-state index is 0.199. The first-order chi connectivity index (χ1) is 13.1. The molecular formula is C23H30FN3. The zero-order chi connectivity index (χ0) is 19.2. The number of rotatable bonds is 6. The van der Waals surface area contributed by atoms with Crippen molar-refractivity contribution >= 4 is 11.4 Å². The normalized spacial score (nSPS) is 16.0. The topological polar surface area (TPSA) is 28.2 Å². The van der Waals surface area contributed by atoms with E-state index in [4.69, 9.17) is 4.98 Å². The summed E-state index contributed by atoms with van der Waals surface area (Å²) in [6.45, 7) is 6.24. The second-order valence-electron chi connectivity index (χ2n) is 7.32. The first-order valence-electron chi connectivity index (χ1n) is 9.97. The highest BCUT2D eigenvalue weighted by Gasteiger charge is 2.19. The van der Waals surface area contributed by atoms with E-state index >= 15 is 0 Å². The summed E-state index contributed by atoms with van der Waals surface area (Å²) >= 11 is 0. The summed E-state index contributed by atoms with van der Waals surface area (Å²) in [7, 11) is 2.03. The molecule has 1 aromatic heterocycles. The molecule has 0 aliphatic carbocycles. The standard InChI is InChI=1S/C23H30FN3/c1-4-5-6-21(22-15-19(24)9-7-17(22)2)18-8-10-23(26-16-18)27-13-11-20(25-3)12-14-27/h6-10,15-16,20,25H,4-5,11-14H2,1-3H3/b21-6-. The number of benzene rings is 1. The summed E-state index contributed by atoms with van der Waals surface area (Å²) in [5.74, 6) is 0.828. The van der Waals surface area contributed by atoms with Crippen molar-refractivity contribution in [2.75, 3.05) is 25.0 Å². The molecule has 2 aromatic rings. The summed E-state index contributed by atoms with van der Waals surface area (Å²) in [6.07, 6.45) is 8.45. The first-order valence-corrected chi connectivity index (χ1v) is 9.97. The van der Waals surface area contributed by atoms with Crippen LogP contribution >= 0.6 is 0 Å². The average Bonchev–Trinajstić information content (AvgIpc) is 2.71. The molecule has 1 aromatic carbocycles. The Kier molecular flexibility index (Phi) is 6.62. The lowest BCUT2D eigenvalue weighted by atomic mass is 9.94. The second kappa shape index (κ2) is 9.14. The molecule has 0 radical (unpaired) electrons. The zero-order valence-corrected chi connectivity index (χ0v) is 16.6. The number of pyridine rings is 1. The van der Waals surface area contributed by atoms with Crippen LogP contribution in [0.5, 0.6) is 0 Å². The molecular weight excluding hydrogens is 337 g/mol. The van der Waals surface area contributed by atoms with Gasteiger partial charge in [0.25, 0.3) is 0 Å². The number of allylic oxidation sites excluding steroid dienone is 1. The first kappa shape index (κ1) is 19.6. The predicted molar refractivity (Wildman–Crippen MR) is 112 cm³/mol. The van der Waals surface area contributed by atoms with Crippen molar-refractivity contribution in [3.8, 4) is 0 Å². The van der Waals surface area contributed by atoms with Crippen molar-refractivity contribution in [3.05, 3.63) is 65.1 Å². The van der Waals surface area contributed by atoms with Gasteiger partial charge in [-0.25, -0.2) is 9.37 Å². The van der Waals surface area contributed by atoms with E-state index < -0.39 is 0 Å². The minimum Gasteiger partial charge on any atom is -0.357 e. The van der Waals surface area contributed by atoms with Crippen LogP contribution in [0.1, 0.15) is 49.3 Å². The number of halogens is 1. The van der Waals surface area contributed by atoms with Crippen LogP contribution < -0.4 is 10.2 Å². The fourth-order valence-corrected chi connectivity index (χ4v) is 3.69. The summed E-state index contributed by atoms with van der Waals surface area (Å²) in [4.78, 5) is 7.08.